The van der Waals surface area contributed by atoms with E-state index in [0.717, 1.165) is 50.1 Å². The summed E-state index contributed by atoms with van der Waals surface area (Å²) in [5.74, 6) is -0.0372. The molecule has 7 heteroatoms. The average Bonchev–Trinajstić information content (AvgIpc) is 3.26. The Labute approximate surface area is 191 Å². The van der Waals surface area contributed by atoms with E-state index < -0.39 is 10.0 Å². The Morgan fingerprint density at radius 3 is 2.28 bits per heavy atom. The number of rotatable bonds is 7. The van der Waals surface area contributed by atoms with E-state index in [9.17, 15) is 13.2 Å². The van der Waals surface area contributed by atoms with E-state index in [1.54, 1.807) is 27.4 Å². The van der Waals surface area contributed by atoms with Gasteiger partial charge < -0.3 is 4.90 Å². The molecule has 2 aliphatic rings. The van der Waals surface area contributed by atoms with E-state index in [0.29, 0.717) is 36.5 Å². The van der Waals surface area contributed by atoms with Crippen molar-refractivity contribution in [1.82, 2.24) is 9.21 Å². The first-order valence-corrected chi connectivity index (χ1v) is 13.1. The van der Waals surface area contributed by atoms with E-state index in [4.69, 9.17) is 0 Å². The standard InChI is InChI=1S/C25H33N3O3S/c1-3-26(4-2)19-20-8-10-21(11-9-20)25(29)28-17-14-22-18-23(12-13-24(22)28)32(30,31)27-15-6-5-7-16-27/h8-13,18H,3-7,14-17,19H2,1-2H3. The highest BCUT2D eigenvalue weighted by molar-refractivity contribution is 7.89. The molecule has 0 atom stereocenters. The quantitative estimate of drug-likeness (QED) is 0.635. The summed E-state index contributed by atoms with van der Waals surface area (Å²) in [6, 6.07) is 13.1. The monoisotopic (exact) mass is 455 g/mol. The lowest BCUT2D eigenvalue weighted by molar-refractivity contribution is 0.0989. The number of nitrogens with zero attached hydrogens (tertiary/aromatic N) is 3. The summed E-state index contributed by atoms with van der Waals surface area (Å²) >= 11 is 0. The lowest BCUT2D eigenvalue weighted by Crippen LogP contribution is -2.35. The van der Waals surface area contributed by atoms with Crippen molar-refractivity contribution in [2.75, 3.05) is 37.6 Å². The van der Waals surface area contributed by atoms with Crippen LogP contribution in [0.2, 0.25) is 0 Å². The van der Waals surface area contributed by atoms with Gasteiger partial charge in [0.15, 0.2) is 0 Å². The van der Waals surface area contributed by atoms with Crippen LogP contribution in [0.3, 0.4) is 0 Å². The van der Waals surface area contributed by atoms with Crippen LogP contribution in [0.1, 0.15) is 54.6 Å². The molecule has 0 aromatic heterocycles. The van der Waals surface area contributed by atoms with Crippen molar-refractivity contribution in [1.29, 1.82) is 0 Å². The Morgan fingerprint density at radius 1 is 0.938 bits per heavy atom. The van der Waals surface area contributed by atoms with E-state index in [2.05, 4.69) is 18.7 Å². The molecule has 0 aliphatic carbocycles. The number of sulfonamides is 1. The maximum Gasteiger partial charge on any atom is 0.258 e. The first-order valence-electron chi connectivity index (χ1n) is 11.7. The van der Waals surface area contributed by atoms with Crippen LogP contribution in [0, 0.1) is 0 Å². The first kappa shape index (κ1) is 23.0. The van der Waals surface area contributed by atoms with Gasteiger partial charge in [0.2, 0.25) is 10.0 Å². The molecule has 2 aliphatic heterocycles. The number of benzene rings is 2. The van der Waals surface area contributed by atoms with E-state index >= 15 is 0 Å². The molecule has 1 saturated heterocycles. The SMILES string of the molecule is CCN(CC)Cc1ccc(C(=O)N2CCc3cc(S(=O)(=O)N4CCCCC4)ccc32)cc1. The largest absolute Gasteiger partial charge is 0.308 e. The summed E-state index contributed by atoms with van der Waals surface area (Å²) in [5, 5.41) is 0. The number of hydrogen-bond donors (Lipinski definition) is 0. The van der Waals surface area contributed by atoms with Gasteiger partial charge >= 0.3 is 0 Å². The minimum absolute atomic E-state index is 0.0372. The zero-order valence-corrected chi connectivity index (χ0v) is 19.9. The van der Waals surface area contributed by atoms with Crippen LogP contribution < -0.4 is 4.90 Å². The molecule has 4 rings (SSSR count). The van der Waals surface area contributed by atoms with Gasteiger partial charge in [-0.3, -0.25) is 9.69 Å². The lowest BCUT2D eigenvalue weighted by atomic mass is 10.1. The van der Waals surface area contributed by atoms with E-state index in [1.807, 2.05) is 24.3 Å². The molecule has 6 nitrogen and oxygen atoms in total. The predicted octanol–water partition coefficient (Wildman–Crippen LogP) is 3.91. The minimum Gasteiger partial charge on any atom is -0.308 e. The van der Waals surface area contributed by atoms with Gasteiger partial charge in [-0.15, -0.1) is 0 Å². The molecule has 0 saturated carbocycles. The third-order valence-electron chi connectivity index (χ3n) is 6.65. The van der Waals surface area contributed by atoms with Crippen molar-refractivity contribution in [2.45, 2.75) is 51.0 Å². The number of anilines is 1. The van der Waals surface area contributed by atoms with Crippen molar-refractivity contribution in [3.05, 3.63) is 59.2 Å². The van der Waals surface area contributed by atoms with Crippen molar-refractivity contribution < 1.29 is 13.2 Å². The summed E-state index contributed by atoms with van der Waals surface area (Å²) in [6.45, 7) is 8.92. The smallest absolute Gasteiger partial charge is 0.258 e. The molecule has 0 unspecified atom stereocenters. The van der Waals surface area contributed by atoms with Crippen LogP contribution in [0.4, 0.5) is 5.69 Å². The summed E-state index contributed by atoms with van der Waals surface area (Å²) < 4.78 is 27.6. The van der Waals surface area contributed by atoms with Crippen LogP contribution in [0.5, 0.6) is 0 Å². The summed E-state index contributed by atoms with van der Waals surface area (Å²) in [6.07, 6.45) is 3.59. The second-order valence-electron chi connectivity index (χ2n) is 8.62. The fourth-order valence-electron chi connectivity index (χ4n) is 4.62. The number of fused-ring (bicyclic) bond motifs is 1. The normalized spacial score (nSPS) is 17.0. The highest BCUT2D eigenvalue weighted by atomic mass is 32.2. The summed E-state index contributed by atoms with van der Waals surface area (Å²) in [4.78, 5) is 17.6. The fourth-order valence-corrected chi connectivity index (χ4v) is 6.19. The molecular weight excluding hydrogens is 422 g/mol. The van der Waals surface area contributed by atoms with Crippen LogP contribution in [0.15, 0.2) is 47.4 Å². The topological polar surface area (TPSA) is 60.9 Å². The first-order chi connectivity index (χ1) is 15.4. The fraction of sp³-hybridized carbons (Fsp3) is 0.480. The van der Waals surface area contributed by atoms with Crippen LogP contribution in [-0.4, -0.2) is 56.3 Å². The zero-order valence-electron chi connectivity index (χ0n) is 19.1. The van der Waals surface area contributed by atoms with Crippen molar-refractivity contribution in [3.8, 4) is 0 Å². The molecule has 1 fully saturated rings. The molecule has 2 heterocycles. The third kappa shape index (κ3) is 4.60. The maximum atomic E-state index is 13.2. The van der Waals surface area contributed by atoms with Crippen molar-refractivity contribution in [3.63, 3.8) is 0 Å². The second kappa shape index (κ2) is 9.73. The molecule has 2 aromatic carbocycles. The number of piperidine rings is 1. The Balaban J connectivity index is 1.50. The summed E-state index contributed by atoms with van der Waals surface area (Å²) in [5.41, 5.74) is 3.60. The van der Waals surface area contributed by atoms with E-state index in [1.165, 1.54) is 5.56 Å². The molecule has 0 bridgehead atoms. The van der Waals surface area contributed by atoms with Gasteiger partial charge in [0.05, 0.1) is 4.90 Å². The van der Waals surface area contributed by atoms with Crippen LogP contribution in [-0.2, 0) is 23.0 Å². The molecule has 0 N–H and O–H groups in total. The highest BCUT2D eigenvalue weighted by Crippen LogP contribution is 2.32. The molecule has 172 valence electrons. The molecule has 1 amide bonds. The van der Waals surface area contributed by atoms with E-state index in [-0.39, 0.29) is 5.91 Å². The number of amides is 1. The Morgan fingerprint density at radius 2 is 1.62 bits per heavy atom. The average molecular weight is 456 g/mol. The Kier molecular flexibility index (Phi) is 6.98. The highest BCUT2D eigenvalue weighted by Gasteiger charge is 2.30. The van der Waals surface area contributed by atoms with Crippen LogP contribution >= 0.6 is 0 Å². The molecule has 32 heavy (non-hydrogen) atoms. The number of hydrogen-bond acceptors (Lipinski definition) is 4. The molecule has 0 spiro atoms. The van der Waals surface area contributed by atoms with Gasteiger partial charge in [-0.2, -0.15) is 4.31 Å². The van der Waals surface area contributed by atoms with Crippen LogP contribution in [0.25, 0.3) is 0 Å². The maximum absolute atomic E-state index is 13.2. The van der Waals surface area contributed by atoms with Gasteiger partial charge in [0, 0.05) is 37.4 Å². The summed E-state index contributed by atoms with van der Waals surface area (Å²) in [7, 11) is -3.47. The Bertz CT molecular complexity index is 1060. The zero-order chi connectivity index (χ0) is 22.7. The predicted molar refractivity (Wildman–Crippen MR) is 127 cm³/mol. The second-order valence-corrected chi connectivity index (χ2v) is 10.6. The van der Waals surface area contributed by atoms with Gasteiger partial charge in [-0.1, -0.05) is 32.4 Å². The number of carbonyl (C=O) groups is 1. The van der Waals surface area contributed by atoms with Crippen molar-refractivity contribution >= 4 is 21.6 Å². The van der Waals surface area contributed by atoms with Gasteiger partial charge in [-0.25, -0.2) is 8.42 Å². The molecule has 2 aromatic rings. The van der Waals surface area contributed by atoms with Gasteiger partial charge in [-0.05, 0) is 73.8 Å². The lowest BCUT2D eigenvalue weighted by Gasteiger charge is -2.26. The van der Waals surface area contributed by atoms with Gasteiger partial charge in [0.25, 0.3) is 5.91 Å². The minimum atomic E-state index is -3.47. The molecular formula is C25H33N3O3S. The van der Waals surface area contributed by atoms with Gasteiger partial charge in [0.1, 0.15) is 0 Å². The Hall–Kier alpha value is -2.22. The molecule has 0 radical (unpaired) electrons. The number of carbonyl (C=O) groups excluding carboxylic acids is 1. The van der Waals surface area contributed by atoms with Crippen molar-refractivity contribution in [2.24, 2.45) is 0 Å². The third-order valence-corrected chi connectivity index (χ3v) is 8.54.